The van der Waals surface area contributed by atoms with E-state index in [4.69, 9.17) is 4.74 Å². The number of carbonyl (C=O) groups excluding carboxylic acids is 2. The molecule has 2 aliphatic rings. The lowest BCUT2D eigenvalue weighted by Gasteiger charge is -2.29. The third kappa shape index (κ3) is 3.78. The van der Waals surface area contributed by atoms with Gasteiger partial charge >= 0.3 is 5.97 Å². The highest BCUT2D eigenvalue weighted by atomic mass is 16.5. The zero-order valence-electron chi connectivity index (χ0n) is 14.0. The summed E-state index contributed by atoms with van der Waals surface area (Å²) in [5.41, 5.74) is 0.169. The molecule has 0 radical (unpaired) electrons. The Balaban J connectivity index is 1.54. The standard InChI is InChI=1S/C19H25NO4/c21-17(20-12-4-5-13-20)16-8-6-15(7-9-16)14-24-18(22)19(23)10-2-1-3-11-19/h6-9,23H,1-5,10-14H2. The number of aliphatic hydroxyl groups is 1. The van der Waals surface area contributed by atoms with Crippen LogP contribution in [0.3, 0.4) is 0 Å². The first kappa shape index (κ1) is 17.0. The number of rotatable bonds is 4. The van der Waals surface area contributed by atoms with Gasteiger partial charge in [-0.25, -0.2) is 4.79 Å². The molecule has 130 valence electrons. The summed E-state index contributed by atoms with van der Waals surface area (Å²) in [6.07, 6.45) is 5.88. The summed E-state index contributed by atoms with van der Waals surface area (Å²) in [7, 11) is 0. The first-order valence-corrected chi connectivity index (χ1v) is 8.86. The molecular formula is C19H25NO4. The highest BCUT2D eigenvalue weighted by Gasteiger charge is 2.38. The Bertz CT molecular complexity index is 584. The molecule has 1 aliphatic heterocycles. The Morgan fingerprint density at radius 1 is 1.00 bits per heavy atom. The van der Waals surface area contributed by atoms with Crippen LogP contribution in [-0.4, -0.2) is 40.6 Å². The van der Waals surface area contributed by atoms with Gasteiger partial charge in [0.15, 0.2) is 5.60 Å². The number of amides is 1. The summed E-state index contributed by atoms with van der Waals surface area (Å²) < 4.78 is 5.29. The predicted octanol–water partition coefficient (Wildman–Crippen LogP) is 2.66. The second-order valence-corrected chi connectivity index (χ2v) is 6.86. The Labute approximate surface area is 142 Å². The molecule has 0 atom stereocenters. The fourth-order valence-corrected chi connectivity index (χ4v) is 3.47. The third-order valence-corrected chi connectivity index (χ3v) is 5.02. The minimum Gasteiger partial charge on any atom is -0.459 e. The molecular weight excluding hydrogens is 306 g/mol. The highest BCUT2D eigenvalue weighted by molar-refractivity contribution is 5.94. The Morgan fingerprint density at radius 2 is 1.62 bits per heavy atom. The molecule has 1 N–H and O–H groups in total. The van der Waals surface area contributed by atoms with Crippen LogP contribution in [0.5, 0.6) is 0 Å². The van der Waals surface area contributed by atoms with Gasteiger partial charge < -0.3 is 14.7 Å². The lowest BCUT2D eigenvalue weighted by Crippen LogP contribution is -2.41. The van der Waals surface area contributed by atoms with Crippen LogP contribution in [0.1, 0.15) is 60.9 Å². The maximum atomic E-state index is 12.3. The summed E-state index contributed by atoms with van der Waals surface area (Å²) >= 11 is 0. The van der Waals surface area contributed by atoms with Crippen molar-refractivity contribution < 1.29 is 19.4 Å². The van der Waals surface area contributed by atoms with Crippen LogP contribution < -0.4 is 0 Å². The van der Waals surface area contributed by atoms with Gasteiger partial charge in [0.05, 0.1) is 0 Å². The zero-order valence-corrected chi connectivity index (χ0v) is 14.0. The van der Waals surface area contributed by atoms with E-state index in [1.807, 2.05) is 17.0 Å². The zero-order chi connectivity index (χ0) is 17.0. The largest absolute Gasteiger partial charge is 0.459 e. The van der Waals surface area contributed by atoms with E-state index < -0.39 is 11.6 Å². The van der Waals surface area contributed by atoms with Gasteiger partial charge in [0.2, 0.25) is 0 Å². The smallest absolute Gasteiger partial charge is 0.338 e. The second kappa shape index (κ2) is 7.34. The molecule has 0 spiro atoms. The average Bonchev–Trinajstić information content (AvgIpc) is 3.15. The van der Waals surface area contributed by atoms with Crippen LogP contribution in [0.2, 0.25) is 0 Å². The molecule has 1 aromatic rings. The molecule has 24 heavy (non-hydrogen) atoms. The van der Waals surface area contributed by atoms with Crippen molar-refractivity contribution in [3.63, 3.8) is 0 Å². The van der Waals surface area contributed by atoms with Crippen molar-refractivity contribution >= 4 is 11.9 Å². The molecule has 1 heterocycles. The van der Waals surface area contributed by atoms with E-state index in [9.17, 15) is 14.7 Å². The van der Waals surface area contributed by atoms with Crippen LogP contribution in [0.15, 0.2) is 24.3 Å². The topological polar surface area (TPSA) is 66.8 Å². The van der Waals surface area contributed by atoms with E-state index in [1.165, 1.54) is 0 Å². The molecule has 5 heteroatoms. The Hall–Kier alpha value is -1.88. The number of carbonyl (C=O) groups is 2. The van der Waals surface area contributed by atoms with Crippen LogP contribution >= 0.6 is 0 Å². The SMILES string of the molecule is O=C(c1ccc(COC(=O)C2(O)CCCCC2)cc1)N1CCCC1. The van der Waals surface area contributed by atoms with Gasteiger partial charge in [-0.05, 0) is 56.2 Å². The molecule has 0 bridgehead atoms. The molecule has 1 saturated carbocycles. The van der Waals surface area contributed by atoms with Crippen LogP contribution in [0.4, 0.5) is 0 Å². The summed E-state index contributed by atoms with van der Waals surface area (Å²) in [6, 6.07) is 7.17. The first-order chi connectivity index (χ1) is 11.6. The number of benzene rings is 1. The van der Waals surface area contributed by atoms with Gasteiger partial charge in [-0.1, -0.05) is 18.6 Å². The van der Waals surface area contributed by atoms with Gasteiger partial charge in [-0.2, -0.15) is 0 Å². The van der Waals surface area contributed by atoms with E-state index in [0.717, 1.165) is 50.8 Å². The molecule has 0 unspecified atom stereocenters. The van der Waals surface area contributed by atoms with Crippen LogP contribution in [0.25, 0.3) is 0 Å². The van der Waals surface area contributed by atoms with Crippen molar-refractivity contribution in [2.24, 2.45) is 0 Å². The van der Waals surface area contributed by atoms with Gasteiger partial charge in [0.25, 0.3) is 5.91 Å². The third-order valence-electron chi connectivity index (χ3n) is 5.02. The summed E-state index contributed by atoms with van der Waals surface area (Å²) in [6.45, 7) is 1.78. The monoisotopic (exact) mass is 331 g/mol. The molecule has 1 amide bonds. The fourth-order valence-electron chi connectivity index (χ4n) is 3.47. The number of hydrogen-bond acceptors (Lipinski definition) is 4. The number of likely N-dealkylation sites (tertiary alicyclic amines) is 1. The lowest BCUT2D eigenvalue weighted by atomic mass is 9.85. The minimum absolute atomic E-state index is 0.0626. The van der Waals surface area contributed by atoms with Gasteiger partial charge in [0.1, 0.15) is 6.61 Å². The van der Waals surface area contributed by atoms with Gasteiger partial charge in [-0.15, -0.1) is 0 Å². The molecule has 1 aromatic carbocycles. The number of nitrogens with zero attached hydrogens (tertiary/aromatic N) is 1. The summed E-state index contributed by atoms with van der Waals surface area (Å²) in [5, 5.41) is 10.3. The fraction of sp³-hybridized carbons (Fsp3) is 0.579. The Kier molecular flexibility index (Phi) is 5.19. The van der Waals surface area contributed by atoms with E-state index in [2.05, 4.69) is 0 Å². The molecule has 2 fully saturated rings. The summed E-state index contributed by atoms with van der Waals surface area (Å²) in [4.78, 5) is 26.3. The average molecular weight is 331 g/mol. The van der Waals surface area contributed by atoms with Crippen molar-refractivity contribution in [1.29, 1.82) is 0 Å². The lowest BCUT2D eigenvalue weighted by molar-refractivity contribution is -0.170. The van der Waals surface area contributed by atoms with E-state index >= 15 is 0 Å². The quantitative estimate of drug-likeness (QED) is 0.862. The molecule has 0 aromatic heterocycles. The van der Waals surface area contributed by atoms with Gasteiger partial charge in [0, 0.05) is 18.7 Å². The summed E-state index contributed by atoms with van der Waals surface area (Å²) in [5.74, 6) is -0.466. The van der Waals surface area contributed by atoms with Crippen molar-refractivity contribution in [2.75, 3.05) is 13.1 Å². The predicted molar refractivity (Wildman–Crippen MR) is 89.4 cm³/mol. The molecule has 3 rings (SSSR count). The highest BCUT2D eigenvalue weighted by Crippen LogP contribution is 2.29. The van der Waals surface area contributed by atoms with Crippen molar-refractivity contribution in [1.82, 2.24) is 4.90 Å². The first-order valence-electron chi connectivity index (χ1n) is 8.86. The van der Waals surface area contributed by atoms with Crippen molar-refractivity contribution in [3.8, 4) is 0 Å². The molecule has 1 saturated heterocycles. The molecule has 5 nitrogen and oxygen atoms in total. The van der Waals surface area contributed by atoms with Crippen LogP contribution in [-0.2, 0) is 16.1 Å². The number of ether oxygens (including phenoxy) is 1. The number of esters is 1. The van der Waals surface area contributed by atoms with E-state index in [1.54, 1.807) is 12.1 Å². The normalized spacial score (nSPS) is 20.0. The van der Waals surface area contributed by atoms with Crippen molar-refractivity contribution in [3.05, 3.63) is 35.4 Å². The van der Waals surface area contributed by atoms with E-state index in [-0.39, 0.29) is 12.5 Å². The Morgan fingerprint density at radius 3 is 2.25 bits per heavy atom. The maximum absolute atomic E-state index is 12.3. The van der Waals surface area contributed by atoms with Crippen LogP contribution in [0, 0.1) is 0 Å². The molecule has 1 aliphatic carbocycles. The maximum Gasteiger partial charge on any atom is 0.338 e. The second-order valence-electron chi connectivity index (χ2n) is 6.86. The van der Waals surface area contributed by atoms with Crippen molar-refractivity contribution in [2.45, 2.75) is 57.2 Å². The minimum atomic E-state index is -1.32. The van der Waals surface area contributed by atoms with Gasteiger partial charge in [-0.3, -0.25) is 4.79 Å². The number of hydrogen-bond donors (Lipinski definition) is 1. The van der Waals surface area contributed by atoms with E-state index in [0.29, 0.717) is 18.4 Å².